The van der Waals surface area contributed by atoms with E-state index in [0.29, 0.717) is 13.1 Å². The fraction of sp³-hybridized carbons (Fsp3) is 0.611. The van der Waals surface area contributed by atoms with Gasteiger partial charge in [-0.1, -0.05) is 44.2 Å². The summed E-state index contributed by atoms with van der Waals surface area (Å²) in [5.74, 6) is 0.165. The van der Waals surface area contributed by atoms with Crippen molar-refractivity contribution < 1.29 is 9.90 Å². The van der Waals surface area contributed by atoms with Gasteiger partial charge in [-0.15, -0.1) is 0 Å². The van der Waals surface area contributed by atoms with Crippen LogP contribution in [0.15, 0.2) is 30.3 Å². The van der Waals surface area contributed by atoms with Crippen LogP contribution in [0.5, 0.6) is 0 Å². The van der Waals surface area contributed by atoms with Crippen LogP contribution in [-0.4, -0.2) is 66.2 Å². The summed E-state index contributed by atoms with van der Waals surface area (Å²) < 4.78 is 0. The van der Waals surface area contributed by atoms with Gasteiger partial charge in [-0.25, -0.2) is 0 Å². The third-order valence-corrected chi connectivity index (χ3v) is 4.36. The monoisotopic (exact) mass is 319 g/mol. The van der Waals surface area contributed by atoms with Crippen LogP contribution < -0.4 is 5.32 Å². The van der Waals surface area contributed by atoms with Crippen molar-refractivity contribution >= 4 is 5.91 Å². The van der Waals surface area contributed by atoms with Gasteiger partial charge in [-0.05, 0) is 11.5 Å². The van der Waals surface area contributed by atoms with E-state index in [-0.39, 0.29) is 11.8 Å². The Balaban J connectivity index is 1.65. The molecule has 2 rings (SSSR count). The molecule has 1 aliphatic heterocycles. The molecule has 1 unspecified atom stereocenters. The van der Waals surface area contributed by atoms with Gasteiger partial charge in [0.2, 0.25) is 5.91 Å². The van der Waals surface area contributed by atoms with Crippen molar-refractivity contribution in [2.75, 3.05) is 39.3 Å². The number of nitrogens with zero attached hydrogens (tertiary/aromatic N) is 2. The molecule has 2 N–H and O–H groups in total. The second-order valence-electron chi connectivity index (χ2n) is 6.65. The van der Waals surface area contributed by atoms with E-state index < -0.39 is 6.10 Å². The van der Waals surface area contributed by atoms with Crippen molar-refractivity contribution in [2.24, 2.45) is 5.92 Å². The molecule has 23 heavy (non-hydrogen) atoms. The van der Waals surface area contributed by atoms with Crippen LogP contribution in [0.4, 0.5) is 0 Å². The Kier molecular flexibility index (Phi) is 7.02. The molecule has 1 aromatic carbocycles. The molecule has 5 heteroatoms. The van der Waals surface area contributed by atoms with Gasteiger partial charge in [-0.2, -0.15) is 0 Å². The summed E-state index contributed by atoms with van der Waals surface area (Å²) in [6.07, 6.45) is -0.471. The highest BCUT2D eigenvalue weighted by Gasteiger charge is 2.19. The number of carbonyl (C=O) groups excluding carboxylic acids is 1. The minimum absolute atomic E-state index is 0.00112. The SMILES string of the molecule is CC(C)C(O)CNC(=O)CN1CCN(Cc2ccccc2)CC1. The number of aliphatic hydroxyl groups excluding tert-OH is 1. The number of nitrogens with one attached hydrogen (secondary N) is 1. The molecule has 1 atom stereocenters. The lowest BCUT2D eigenvalue weighted by atomic mass is 10.1. The number of piperazine rings is 1. The number of amides is 1. The van der Waals surface area contributed by atoms with Crippen LogP contribution in [-0.2, 0) is 11.3 Å². The summed E-state index contributed by atoms with van der Waals surface area (Å²) in [4.78, 5) is 16.5. The first-order chi connectivity index (χ1) is 11.0. The lowest BCUT2D eigenvalue weighted by Crippen LogP contribution is -2.49. The van der Waals surface area contributed by atoms with Crippen molar-refractivity contribution in [1.82, 2.24) is 15.1 Å². The van der Waals surface area contributed by atoms with Crippen LogP contribution in [0.1, 0.15) is 19.4 Å². The predicted octanol–water partition coefficient (Wildman–Crippen LogP) is 0.937. The Labute approximate surface area is 139 Å². The molecule has 1 amide bonds. The highest BCUT2D eigenvalue weighted by atomic mass is 16.3. The maximum absolute atomic E-state index is 11.9. The van der Waals surface area contributed by atoms with Gasteiger partial charge >= 0.3 is 0 Å². The fourth-order valence-electron chi connectivity index (χ4n) is 2.66. The van der Waals surface area contributed by atoms with E-state index >= 15 is 0 Å². The normalized spacial score (nSPS) is 18.1. The van der Waals surface area contributed by atoms with E-state index in [9.17, 15) is 9.90 Å². The molecule has 5 nitrogen and oxygen atoms in total. The van der Waals surface area contributed by atoms with E-state index in [1.54, 1.807) is 0 Å². The van der Waals surface area contributed by atoms with E-state index in [4.69, 9.17) is 0 Å². The lowest BCUT2D eigenvalue weighted by molar-refractivity contribution is -0.123. The van der Waals surface area contributed by atoms with Crippen LogP contribution >= 0.6 is 0 Å². The first-order valence-corrected chi connectivity index (χ1v) is 8.48. The molecule has 1 heterocycles. The zero-order valence-corrected chi connectivity index (χ0v) is 14.2. The highest BCUT2D eigenvalue weighted by molar-refractivity contribution is 5.78. The zero-order chi connectivity index (χ0) is 16.7. The summed E-state index contributed by atoms with van der Waals surface area (Å²) >= 11 is 0. The van der Waals surface area contributed by atoms with Crippen molar-refractivity contribution in [2.45, 2.75) is 26.5 Å². The molecule has 128 valence electrons. The highest BCUT2D eigenvalue weighted by Crippen LogP contribution is 2.08. The number of carbonyl (C=O) groups is 1. The van der Waals surface area contributed by atoms with E-state index in [1.807, 2.05) is 19.9 Å². The van der Waals surface area contributed by atoms with Crippen LogP contribution in [0.2, 0.25) is 0 Å². The van der Waals surface area contributed by atoms with Crippen molar-refractivity contribution in [1.29, 1.82) is 0 Å². The number of benzene rings is 1. The van der Waals surface area contributed by atoms with Gasteiger partial charge in [0.25, 0.3) is 0 Å². The first kappa shape index (κ1) is 17.9. The second-order valence-corrected chi connectivity index (χ2v) is 6.65. The Bertz CT molecular complexity index is 470. The van der Waals surface area contributed by atoms with Crippen molar-refractivity contribution in [3.63, 3.8) is 0 Å². The Morgan fingerprint density at radius 1 is 1.13 bits per heavy atom. The molecule has 1 aromatic rings. The molecule has 0 aromatic heterocycles. The largest absolute Gasteiger partial charge is 0.391 e. The summed E-state index contributed by atoms with van der Waals surface area (Å²) in [6, 6.07) is 10.5. The molecule has 1 fully saturated rings. The van der Waals surface area contributed by atoms with Gasteiger partial charge in [0.15, 0.2) is 0 Å². The smallest absolute Gasteiger partial charge is 0.234 e. The average Bonchev–Trinajstić information content (AvgIpc) is 2.55. The topological polar surface area (TPSA) is 55.8 Å². The quantitative estimate of drug-likeness (QED) is 0.785. The molecule has 0 saturated carbocycles. The van der Waals surface area contributed by atoms with E-state index in [1.165, 1.54) is 5.56 Å². The van der Waals surface area contributed by atoms with Gasteiger partial charge < -0.3 is 10.4 Å². The number of rotatable bonds is 7. The Morgan fingerprint density at radius 2 is 1.74 bits per heavy atom. The molecule has 0 spiro atoms. The van der Waals surface area contributed by atoms with Crippen LogP contribution in [0, 0.1) is 5.92 Å². The van der Waals surface area contributed by atoms with Gasteiger partial charge in [-0.3, -0.25) is 14.6 Å². The maximum atomic E-state index is 11.9. The molecular weight excluding hydrogens is 290 g/mol. The number of aliphatic hydroxyl groups is 1. The lowest BCUT2D eigenvalue weighted by Gasteiger charge is -2.34. The summed E-state index contributed by atoms with van der Waals surface area (Å²) in [5.41, 5.74) is 1.33. The average molecular weight is 319 g/mol. The minimum Gasteiger partial charge on any atom is -0.391 e. The zero-order valence-electron chi connectivity index (χ0n) is 14.2. The molecule has 1 aliphatic rings. The van der Waals surface area contributed by atoms with Gasteiger partial charge in [0.05, 0.1) is 12.6 Å². The van der Waals surface area contributed by atoms with Crippen LogP contribution in [0.3, 0.4) is 0 Å². The third-order valence-electron chi connectivity index (χ3n) is 4.36. The van der Waals surface area contributed by atoms with Gasteiger partial charge in [0, 0.05) is 39.3 Å². The van der Waals surface area contributed by atoms with E-state index in [2.05, 4.69) is 39.4 Å². The Hall–Kier alpha value is -1.43. The fourth-order valence-corrected chi connectivity index (χ4v) is 2.66. The third kappa shape index (κ3) is 6.29. The minimum atomic E-state index is -0.471. The van der Waals surface area contributed by atoms with E-state index in [0.717, 1.165) is 32.7 Å². The number of hydrogen-bond acceptors (Lipinski definition) is 4. The first-order valence-electron chi connectivity index (χ1n) is 8.48. The summed E-state index contributed by atoms with van der Waals surface area (Å²) in [7, 11) is 0. The summed E-state index contributed by atoms with van der Waals surface area (Å²) in [5, 5.41) is 12.5. The van der Waals surface area contributed by atoms with Gasteiger partial charge in [0.1, 0.15) is 0 Å². The second kappa shape index (κ2) is 9.01. The standard InChI is InChI=1S/C18H29N3O2/c1-15(2)17(22)12-19-18(23)14-21-10-8-20(9-11-21)13-16-6-4-3-5-7-16/h3-7,15,17,22H,8-14H2,1-2H3,(H,19,23). The summed E-state index contributed by atoms with van der Waals surface area (Å²) in [6.45, 7) is 9.41. The Morgan fingerprint density at radius 3 is 2.35 bits per heavy atom. The predicted molar refractivity (Wildman–Crippen MR) is 92.0 cm³/mol. The molecule has 0 bridgehead atoms. The van der Waals surface area contributed by atoms with Crippen molar-refractivity contribution in [3.05, 3.63) is 35.9 Å². The number of hydrogen-bond donors (Lipinski definition) is 2. The molecule has 0 aliphatic carbocycles. The van der Waals surface area contributed by atoms with Crippen molar-refractivity contribution in [3.8, 4) is 0 Å². The molecule has 1 saturated heterocycles. The molecule has 0 radical (unpaired) electrons. The maximum Gasteiger partial charge on any atom is 0.234 e. The molecular formula is C18H29N3O2. The van der Waals surface area contributed by atoms with Crippen LogP contribution in [0.25, 0.3) is 0 Å².